The van der Waals surface area contributed by atoms with Crippen LogP contribution in [0.5, 0.6) is 0 Å². The third-order valence-corrected chi connectivity index (χ3v) is 3.86. The van der Waals surface area contributed by atoms with E-state index in [9.17, 15) is 4.79 Å². The largest absolute Gasteiger partial charge is 0.378 e. The lowest BCUT2D eigenvalue weighted by Crippen LogP contribution is -2.53. The van der Waals surface area contributed by atoms with Crippen LogP contribution in [0.3, 0.4) is 0 Å². The number of hydrogen-bond acceptors (Lipinski definition) is 3. The number of carbonyl (C=O) groups is 1. The molecular weight excluding hydrogens is 242 g/mol. The number of rotatable bonds is 2. The summed E-state index contributed by atoms with van der Waals surface area (Å²) >= 11 is 5.93. The number of carbonyl (C=O) groups excluding carboxylic acids is 1. The highest BCUT2D eigenvalue weighted by molar-refractivity contribution is 6.33. The fourth-order valence-electron chi connectivity index (χ4n) is 2.61. The monoisotopic (exact) mass is 255 g/mol. The number of halogens is 1. The van der Waals surface area contributed by atoms with Crippen molar-refractivity contribution in [1.82, 2.24) is 15.1 Å². The molecular formula is C11H14ClN3O2. The van der Waals surface area contributed by atoms with Crippen molar-refractivity contribution in [3.63, 3.8) is 0 Å². The summed E-state index contributed by atoms with van der Waals surface area (Å²) in [5.41, 5.74) is 0.302. The van der Waals surface area contributed by atoms with E-state index >= 15 is 0 Å². The van der Waals surface area contributed by atoms with Gasteiger partial charge in [0.15, 0.2) is 5.69 Å². The molecule has 1 aromatic heterocycles. The molecule has 0 radical (unpaired) electrons. The molecule has 17 heavy (non-hydrogen) atoms. The fraction of sp³-hybridized carbons (Fsp3) is 0.636. The summed E-state index contributed by atoms with van der Waals surface area (Å²) < 4.78 is 7.04. The van der Waals surface area contributed by atoms with Crippen LogP contribution in [0.4, 0.5) is 0 Å². The molecule has 2 aliphatic rings. The highest BCUT2D eigenvalue weighted by Crippen LogP contribution is 2.38. The third-order valence-electron chi connectivity index (χ3n) is 3.58. The van der Waals surface area contributed by atoms with Gasteiger partial charge in [-0.3, -0.25) is 9.48 Å². The van der Waals surface area contributed by atoms with Crippen LogP contribution >= 0.6 is 11.6 Å². The number of aromatic nitrogens is 2. The van der Waals surface area contributed by atoms with Crippen molar-refractivity contribution in [2.45, 2.75) is 25.0 Å². The van der Waals surface area contributed by atoms with Crippen LogP contribution in [0.15, 0.2) is 6.20 Å². The summed E-state index contributed by atoms with van der Waals surface area (Å²) in [4.78, 5) is 12.0. The number of amides is 1. The molecule has 1 aromatic rings. The minimum absolute atomic E-state index is 0.189. The zero-order valence-electron chi connectivity index (χ0n) is 9.52. The molecule has 2 fully saturated rings. The van der Waals surface area contributed by atoms with E-state index in [2.05, 4.69) is 10.4 Å². The smallest absolute Gasteiger partial charge is 0.273 e. The molecule has 0 aromatic carbocycles. The van der Waals surface area contributed by atoms with Gasteiger partial charge in [-0.25, -0.2) is 0 Å². The molecule has 1 saturated heterocycles. The first-order valence-corrected chi connectivity index (χ1v) is 6.14. The van der Waals surface area contributed by atoms with Crippen LogP contribution in [0.2, 0.25) is 5.02 Å². The van der Waals surface area contributed by atoms with Gasteiger partial charge in [-0.15, -0.1) is 0 Å². The zero-order chi connectivity index (χ0) is 12.0. The van der Waals surface area contributed by atoms with Crippen molar-refractivity contribution < 1.29 is 9.53 Å². The number of nitrogens with zero attached hydrogens (tertiary/aromatic N) is 2. The van der Waals surface area contributed by atoms with Crippen molar-refractivity contribution in [3.8, 4) is 0 Å². The number of nitrogens with one attached hydrogen (secondary N) is 1. The summed E-state index contributed by atoms with van der Waals surface area (Å²) in [6.07, 6.45) is 3.91. The van der Waals surface area contributed by atoms with Gasteiger partial charge >= 0.3 is 0 Å². The van der Waals surface area contributed by atoms with Crippen LogP contribution in [-0.4, -0.2) is 34.4 Å². The van der Waals surface area contributed by atoms with Crippen molar-refractivity contribution in [2.75, 3.05) is 6.61 Å². The molecule has 92 valence electrons. The lowest BCUT2D eigenvalue weighted by molar-refractivity contribution is 0.00802. The summed E-state index contributed by atoms with van der Waals surface area (Å²) in [6.45, 7) is 0.812. The quantitative estimate of drug-likeness (QED) is 0.857. The Morgan fingerprint density at radius 2 is 2.53 bits per heavy atom. The molecule has 0 spiro atoms. The molecule has 1 saturated carbocycles. The predicted molar refractivity (Wildman–Crippen MR) is 61.9 cm³/mol. The second kappa shape index (κ2) is 3.99. The normalized spacial score (nSPS) is 30.8. The second-order valence-electron chi connectivity index (χ2n) is 4.68. The Morgan fingerprint density at radius 1 is 1.71 bits per heavy atom. The molecule has 1 amide bonds. The summed E-state index contributed by atoms with van der Waals surface area (Å²) in [5, 5.41) is 7.42. The van der Waals surface area contributed by atoms with Gasteiger partial charge in [0.25, 0.3) is 5.91 Å². The SMILES string of the molecule is Cn1cc(Cl)c(C(=O)N[C@H]2C[C@@H]3OCC[C@H]23)n1. The second-order valence-corrected chi connectivity index (χ2v) is 5.08. The molecule has 1 N–H and O–H groups in total. The molecule has 6 heteroatoms. The average molecular weight is 256 g/mol. The number of fused-ring (bicyclic) bond motifs is 1. The molecule has 0 bridgehead atoms. The molecule has 3 atom stereocenters. The topological polar surface area (TPSA) is 56.2 Å². The van der Waals surface area contributed by atoms with E-state index in [1.807, 2.05) is 0 Å². The molecule has 0 unspecified atom stereocenters. The first-order valence-electron chi connectivity index (χ1n) is 5.77. The number of ether oxygens (including phenoxy) is 1. The Labute approximate surface area is 104 Å². The predicted octanol–water partition coefficient (Wildman–Crippen LogP) is 0.981. The maximum Gasteiger partial charge on any atom is 0.273 e. The maximum atomic E-state index is 12.0. The Kier molecular flexibility index (Phi) is 2.60. The van der Waals surface area contributed by atoms with E-state index in [1.165, 1.54) is 0 Å². The highest BCUT2D eigenvalue weighted by Gasteiger charge is 2.46. The Hall–Kier alpha value is -1.07. The van der Waals surface area contributed by atoms with E-state index in [0.29, 0.717) is 22.7 Å². The lowest BCUT2D eigenvalue weighted by atomic mass is 9.76. The zero-order valence-corrected chi connectivity index (χ0v) is 10.3. The first kappa shape index (κ1) is 11.0. The van der Waals surface area contributed by atoms with E-state index in [4.69, 9.17) is 16.3 Å². The Morgan fingerprint density at radius 3 is 3.18 bits per heavy atom. The van der Waals surface area contributed by atoms with Gasteiger partial charge in [0.2, 0.25) is 0 Å². The summed E-state index contributed by atoms with van der Waals surface area (Å²) in [7, 11) is 1.74. The van der Waals surface area contributed by atoms with Gasteiger partial charge in [0.1, 0.15) is 0 Å². The molecule has 5 nitrogen and oxygen atoms in total. The van der Waals surface area contributed by atoms with Crippen LogP contribution in [0, 0.1) is 5.92 Å². The maximum absolute atomic E-state index is 12.0. The minimum Gasteiger partial charge on any atom is -0.378 e. The molecule has 1 aliphatic heterocycles. The van der Waals surface area contributed by atoms with Gasteiger partial charge in [-0.05, 0) is 12.8 Å². The van der Waals surface area contributed by atoms with Crippen molar-refractivity contribution in [1.29, 1.82) is 0 Å². The number of aryl methyl sites for hydroxylation is 1. The molecule has 3 rings (SSSR count). The van der Waals surface area contributed by atoms with Gasteiger partial charge in [0.05, 0.1) is 11.1 Å². The minimum atomic E-state index is -0.189. The van der Waals surface area contributed by atoms with E-state index < -0.39 is 0 Å². The van der Waals surface area contributed by atoms with Crippen LogP contribution < -0.4 is 5.32 Å². The van der Waals surface area contributed by atoms with Crippen molar-refractivity contribution >= 4 is 17.5 Å². The first-order chi connectivity index (χ1) is 8.15. The summed E-state index contributed by atoms with van der Waals surface area (Å²) in [5.74, 6) is 0.285. The Balaban J connectivity index is 1.66. The third kappa shape index (κ3) is 1.83. The van der Waals surface area contributed by atoms with Gasteiger partial charge < -0.3 is 10.1 Å². The molecule has 2 heterocycles. The van der Waals surface area contributed by atoms with Crippen LogP contribution in [0.25, 0.3) is 0 Å². The Bertz CT molecular complexity index is 460. The van der Waals surface area contributed by atoms with Crippen LogP contribution in [-0.2, 0) is 11.8 Å². The fourth-order valence-corrected chi connectivity index (χ4v) is 2.88. The van der Waals surface area contributed by atoms with Crippen molar-refractivity contribution in [3.05, 3.63) is 16.9 Å². The standard InChI is InChI=1S/C11H14ClN3O2/c1-15-5-7(12)10(14-15)11(16)13-8-4-9-6(8)2-3-17-9/h5-6,8-9H,2-4H2,1H3,(H,13,16)/t6-,8+,9+/m1/s1. The van der Waals surface area contributed by atoms with E-state index in [0.717, 1.165) is 19.4 Å². The van der Waals surface area contributed by atoms with E-state index in [-0.39, 0.29) is 11.9 Å². The summed E-state index contributed by atoms with van der Waals surface area (Å²) in [6, 6.07) is 0.216. The lowest BCUT2D eigenvalue weighted by Gasteiger charge is -2.39. The van der Waals surface area contributed by atoms with Crippen LogP contribution in [0.1, 0.15) is 23.3 Å². The number of hydrogen-bond donors (Lipinski definition) is 1. The van der Waals surface area contributed by atoms with Gasteiger partial charge in [-0.2, -0.15) is 5.10 Å². The van der Waals surface area contributed by atoms with Gasteiger partial charge in [0, 0.05) is 31.8 Å². The van der Waals surface area contributed by atoms with Crippen molar-refractivity contribution in [2.24, 2.45) is 13.0 Å². The molecule has 1 aliphatic carbocycles. The van der Waals surface area contributed by atoms with E-state index in [1.54, 1.807) is 17.9 Å². The highest BCUT2D eigenvalue weighted by atomic mass is 35.5. The average Bonchev–Trinajstić information content (AvgIpc) is 2.78. The van der Waals surface area contributed by atoms with Gasteiger partial charge in [-0.1, -0.05) is 11.6 Å².